The quantitative estimate of drug-likeness (QED) is 0.330. The Hall–Kier alpha value is -1.36. The maximum Gasteiger partial charge on any atom is 0.331 e. The number of fused-ring (bicyclic) bond motifs is 5. The molecule has 0 aromatic heterocycles. The monoisotopic (exact) mass is 562 g/mol. The number of carbonyl (C=O) groups excluding carboxylic acids is 2. The van der Waals surface area contributed by atoms with Crippen LogP contribution < -0.4 is 0 Å². The van der Waals surface area contributed by atoms with Crippen LogP contribution in [0.1, 0.15) is 78.1 Å². The van der Waals surface area contributed by atoms with Gasteiger partial charge in [0.15, 0.2) is 0 Å². The van der Waals surface area contributed by atoms with E-state index in [9.17, 15) is 24.9 Å². The molecule has 40 heavy (non-hydrogen) atoms. The van der Waals surface area contributed by atoms with E-state index in [4.69, 9.17) is 18.9 Å². The molecule has 12 atom stereocenters. The first-order chi connectivity index (χ1) is 19.0. The zero-order chi connectivity index (χ0) is 28.5. The van der Waals surface area contributed by atoms with Crippen molar-refractivity contribution < 1.29 is 43.9 Å². The van der Waals surface area contributed by atoms with Crippen molar-refractivity contribution in [3.05, 3.63) is 11.6 Å². The molecule has 9 heteroatoms. The van der Waals surface area contributed by atoms with Crippen LogP contribution in [0.25, 0.3) is 0 Å². The van der Waals surface area contributed by atoms with Gasteiger partial charge in [0.25, 0.3) is 0 Å². The molecule has 0 amide bonds. The molecule has 9 nitrogen and oxygen atoms in total. The largest absolute Gasteiger partial charge is 0.458 e. The van der Waals surface area contributed by atoms with Gasteiger partial charge in [-0.05, 0) is 81.6 Å². The second kappa shape index (κ2) is 10.1. The smallest absolute Gasteiger partial charge is 0.331 e. The lowest BCUT2D eigenvalue weighted by molar-refractivity contribution is -0.254. The van der Waals surface area contributed by atoms with Crippen LogP contribution in [-0.2, 0) is 28.5 Å². The average molecular weight is 563 g/mol. The molecule has 5 fully saturated rings. The van der Waals surface area contributed by atoms with E-state index in [1.54, 1.807) is 13.2 Å². The second-order valence-corrected chi connectivity index (χ2v) is 13.9. The maximum absolute atomic E-state index is 13.0. The summed E-state index contributed by atoms with van der Waals surface area (Å²) in [6.07, 6.45) is 6.85. The van der Waals surface area contributed by atoms with Gasteiger partial charge in [0.05, 0.1) is 41.5 Å². The molecule has 1 saturated heterocycles. The van der Waals surface area contributed by atoms with E-state index in [-0.39, 0.29) is 42.5 Å². The summed E-state index contributed by atoms with van der Waals surface area (Å²) < 4.78 is 23.0. The fraction of sp³-hybridized carbons (Fsp3) is 0.871. The lowest BCUT2D eigenvalue weighted by Crippen LogP contribution is -2.69. The molecule has 0 aromatic carbocycles. The minimum atomic E-state index is -1.20. The molecule has 224 valence electrons. The van der Waals surface area contributed by atoms with Gasteiger partial charge >= 0.3 is 5.97 Å². The Balaban J connectivity index is 1.18. The number of cyclic esters (lactones) is 1. The molecule has 4 aliphatic carbocycles. The molecule has 0 radical (unpaired) electrons. The van der Waals surface area contributed by atoms with Crippen LogP contribution in [0.15, 0.2) is 11.6 Å². The predicted molar refractivity (Wildman–Crippen MR) is 143 cm³/mol. The number of rotatable bonds is 6. The van der Waals surface area contributed by atoms with Gasteiger partial charge in [0.1, 0.15) is 25.1 Å². The first-order valence-corrected chi connectivity index (χ1v) is 15.3. The van der Waals surface area contributed by atoms with Crippen LogP contribution in [-0.4, -0.2) is 89.6 Å². The summed E-state index contributed by atoms with van der Waals surface area (Å²) in [4.78, 5) is 24.8. The van der Waals surface area contributed by atoms with Crippen molar-refractivity contribution >= 4 is 12.3 Å². The minimum absolute atomic E-state index is 0.0844. The number of ether oxygens (including phenoxy) is 4. The molecular formula is C31H46O9. The third-order valence-electron chi connectivity index (χ3n) is 12.3. The zero-order valence-corrected chi connectivity index (χ0v) is 24.0. The van der Waals surface area contributed by atoms with Gasteiger partial charge in [-0.15, -0.1) is 0 Å². The number of aldehydes is 1. The number of methoxy groups -OCH3 is 1. The SMILES string of the molecule is CO[C@@H]1[C@H](O)C[C@@H](C)O[C@H]1COC1CCC2(C=O)C3CCC4(C)C(C5=CC(=O)OC5)CCC4(O)C3CCC2(O)C1. The van der Waals surface area contributed by atoms with Gasteiger partial charge in [0, 0.05) is 31.4 Å². The molecule has 0 spiro atoms. The van der Waals surface area contributed by atoms with E-state index in [2.05, 4.69) is 6.92 Å². The van der Waals surface area contributed by atoms with Gasteiger partial charge < -0.3 is 39.1 Å². The molecule has 3 N–H and O–H groups in total. The normalized spacial score (nSPS) is 52.2. The highest BCUT2D eigenvalue weighted by Crippen LogP contribution is 2.70. The maximum atomic E-state index is 13.0. The van der Waals surface area contributed by atoms with Gasteiger partial charge in [-0.3, -0.25) is 0 Å². The van der Waals surface area contributed by atoms with Crippen LogP contribution in [0.3, 0.4) is 0 Å². The summed E-state index contributed by atoms with van der Waals surface area (Å²) in [7, 11) is 1.56. The standard InChI is InChI=1S/C31H46O9/c1-18-12-24(33)27(37-3)25(40-18)16-38-20-4-9-29(17-32)22-5-8-28(2)21(19-13-26(34)39-15-19)7-11-31(28,36)23(22)6-10-30(29,35)14-20/h13,17-18,20-25,27,33,35-36H,4-12,14-16H2,1-3H3/t18-,20?,21?,22?,23?,24-,25+,27-,28?,29?,30?,31?/m1/s1. The number of aliphatic hydroxyl groups excluding tert-OH is 1. The van der Waals surface area contributed by atoms with Crippen LogP contribution in [0.5, 0.6) is 0 Å². The summed E-state index contributed by atoms with van der Waals surface area (Å²) >= 11 is 0. The van der Waals surface area contributed by atoms with Crippen LogP contribution in [0.4, 0.5) is 0 Å². The summed E-state index contributed by atoms with van der Waals surface area (Å²) in [6.45, 7) is 4.64. The van der Waals surface area contributed by atoms with Gasteiger partial charge in [-0.1, -0.05) is 6.92 Å². The topological polar surface area (TPSA) is 132 Å². The molecule has 6 rings (SSSR count). The molecule has 6 aliphatic rings. The Morgan fingerprint density at radius 2 is 1.88 bits per heavy atom. The molecule has 0 bridgehead atoms. The fourth-order valence-corrected chi connectivity index (χ4v) is 10.3. The van der Waals surface area contributed by atoms with Crippen molar-refractivity contribution in [1.29, 1.82) is 0 Å². The van der Waals surface area contributed by atoms with E-state index < -0.39 is 40.3 Å². The minimum Gasteiger partial charge on any atom is -0.458 e. The summed E-state index contributed by atoms with van der Waals surface area (Å²) in [5.74, 6) is -0.407. The fourth-order valence-electron chi connectivity index (χ4n) is 10.3. The Kier molecular flexibility index (Phi) is 7.28. The molecule has 2 aliphatic heterocycles. The Labute approximate surface area is 236 Å². The number of aliphatic hydroxyl groups is 3. The van der Waals surface area contributed by atoms with Crippen molar-refractivity contribution in [3.63, 3.8) is 0 Å². The van der Waals surface area contributed by atoms with Crippen molar-refractivity contribution in [2.24, 2.45) is 28.6 Å². The highest BCUT2D eigenvalue weighted by atomic mass is 16.6. The van der Waals surface area contributed by atoms with Crippen molar-refractivity contribution in [2.45, 2.75) is 120 Å². The van der Waals surface area contributed by atoms with Gasteiger partial charge in [-0.2, -0.15) is 0 Å². The zero-order valence-electron chi connectivity index (χ0n) is 24.0. The van der Waals surface area contributed by atoms with Gasteiger partial charge in [0.2, 0.25) is 0 Å². The second-order valence-electron chi connectivity index (χ2n) is 13.9. The van der Waals surface area contributed by atoms with Crippen molar-refractivity contribution in [1.82, 2.24) is 0 Å². The van der Waals surface area contributed by atoms with Crippen molar-refractivity contribution in [2.75, 3.05) is 20.3 Å². The third kappa shape index (κ3) is 4.09. The highest BCUT2D eigenvalue weighted by molar-refractivity contribution is 5.85. The highest BCUT2D eigenvalue weighted by Gasteiger charge is 2.71. The number of carbonyl (C=O) groups is 2. The number of hydrogen-bond acceptors (Lipinski definition) is 9. The summed E-state index contributed by atoms with van der Waals surface area (Å²) in [6, 6.07) is 0. The van der Waals surface area contributed by atoms with E-state index in [1.165, 1.54) is 0 Å². The molecule has 2 heterocycles. The van der Waals surface area contributed by atoms with Gasteiger partial charge in [-0.25, -0.2) is 4.79 Å². The number of hydrogen-bond donors (Lipinski definition) is 3. The van der Waals surface area contributed by atoms with Crippen LogP contribution in [0, 0.1) is 28.6 Å². The lowest BCUT2D eigenvalue weighted by atomic mass is 9.41. The molecular weight excluding hydrogens is 516 g/mol. The van der Waals surface area contributed by atoms with Crippen LogP contribution in [0.2, 0.25) is 0 Å². The van der Waals surface area contributed by atoms with E-state index in [0.29, 0.717) is 51.6 Å². The Morgan fingerprint density at radius 3 is 2.58 bits per heavy atom. The lowest BCUT2D eigenvalue weighted by Gasteiger charge is -2.65. The molecule has 0 aromatic rings. The van der Waals surface area contributed by atoms with E-state index >= 15 is 0 Å². The summed E-state index contributed by atoms with van der Waals surface area (Å²) in [5.41, 5.74) is -2.49. The van der Waals surface area contributed by atoms with E-state index in [1.807, 2.05) is 6.92 Å². The Bertz CT molecular complexity index is 1050. The average Bonchev–Trinajstić information content (AvgIpc) is 3.46. The van der Waals surface area contributed by atoms with E-state index in [0.717, 1.165) is 31.1 Å². The predicted octanol–water partition coefficient (Wildman–Crippen LogP) is 2.48. The Morgan fingerprint density at radius 1 is 1.10 bits per heavy atom. The summed E-state index contributed by atoms with van der Waals surface area (Å²) in [5, 5.41) is 35.0. The third-order valence-corrected chi connectivity index (χ3v) is 12.3. The number of esters is 1. The first kappa shape index (κ1) is 28.7. The molecule has 8 unspecified atom stereocenters. The van der Waals surface area contributed by atoms with Crippen molar-refractivity contribution in [3.8, 4) is 0 Å². The molecule has 4 saturated carbocycles. The van der Waals surface area contributed by atoms with Crippen LogP contribution >= 0.6 is 0 Å². The first-order valence-electron chi connectivity index (χ1n) is 15.3.